The number of carbonyl (C=O) groups is 2. The minimum atomic E-state index is -0.996. The standard InChI is InChI=1S/C20H35NO4.C7H9NS/c1-5-17-18(22)11-19(23)25-12-16(21)10-14(3)8-6-7-13(2)9-15(4)20(17)24;1-3-4-7-5-9-6(2)8-7/h10,13,15-18,22H,5-9,11-12,21H2,1-4H3;3-5H,1-2H3/b14-10-;4-3-/t13-,15+,16?,17?,18?;/m0./s1. The maximum atomic E-state index is 12.7. The molecule has 2 heterocycles. The number of allylic oxidation sites excluding steroid dienone is 2. The van der Waals surface area contributed by atoms with E-state index in [1.807, 2.05) is 52.8 Å². The molecule has 5 atom stereocenters. The second-order valence-electron chi connectivity index (χ2n) is 9.47. The van der Waals surface area contributed by atoms with Crippen LogP contribution < -0.4 is 5.73 Å². The Balaban J connectivity index is 0.000000533. The number of cyclic esters (lactones) is 1. The normalized spacial score (nSPS) is 29.6. The molecule has 192 valence electrons. The average molecular weight is 493 g/mol. The van der Waals surface area contributed by atoms with E-state index in [2.05, 4.69) is 17.3 Å². The van der Waals surface area contributed by atoms with Gasteiger partial charge in [0.2, 0.25) is 0 Å². The Kier molecular flexibility index (Phi) is 14.2. The van der Waals surface area contributed by atoms with Gasteiger partial charge in [0.25, 0.3) is 0 Å². The van der Waals surface area contributed by atoms with Crippen LogP contribution in [-0.2, 0) is 14.3 Å². The highest BCUT2D eigenvalue weighted by molar-refractivity contribution is 7.09. The maximum absolute atomic E-state index is 12.7. The number of aryl methyl sites for hydroxylation is 1. The van der Waals surface area contributed by atoms with Crippen molar-refractivity contribution in [2.24, 2.45) is 23.5 Å². The van der Waals surface area contributed by atoms with E-state index in [-0.39, 0.29) is 30.8 Å². The van der Waals surface area contributed by atoms with Crippen LogP contribution in [0.25, 0.3) is 6.08 Å². The van der Waals surface area contributed by atoms with Gasteiger partial charge in [-0.25, -0.2) is 4.98 Å². The van der Waals surface area contributed by atoms with Crippen LogP contribution in [0.15, 0.2) is 23.1 Å². The summed E-state index contributed by atoms with van der Waals surface area (Å²) < 4.78 is 5.17. The number of thiazole rings is 1. The molecule has 7 heteroatoms. The van der Waals surface area contributed by atoms with E-state index in [4.69, 9.17) is 10.5 Å². The first-order valence-electron chi connectivity index (χ1n) is 12.4. The lowest BCUT2D eigenvalue weighted by Gasteiger charge is -2.25. The fourth-order valence-electron chi connectivity index (χ4n) is 4.28. The zero-order valence-corrected chi connectivity index (χ0v) is 22.6. The number of Topliss-reactive ketones (excluding diaryl/α,β-unsaturated/α-hetero) is 1. The summed E-state index contributed by atoms with van der Waals surface area (Å²) >= 11 is 1.68. The van der Waals surface area contributed by atoms with Gasteiger partial charge >= 0.3 is 5.97 Å². The Bertz CT molecular complexity index is 817. The Labute approximate surface area is 209 Å². The largest absolute Gasteiger partial charge is 0.464 e. The van der Waals surface area contributed by atoms with Crippen LogP contribution in [0.3, 0.4) is 0 Å². The highest BCUT2D eigenvalue weighted by atomic mass is 32.1. The van der Waals surface area contributed by atoms with Crippen molar-refractivity contribution in [3.63, 3.8) is 0 Å². The number of nitrogens with two attached hydrogens (primary N) is 1. The summed E-state index contributed by atoms with van der Waals surface area (Å²) in [6.07, 6.45) is 9.20. The van der Waals surface area contributed by atoms with E-state index in [0.29, 0.717) is 12.3 Å². The number of rotatable bonds is 2. The fourth-order valence-corrected chi connectivity index (χ4v) is 4.86. The van der Waals surface area contributed by atoms with Crippen LogP contribution in [0.1, 0.15) is 83.8 Å². The zero-order chi connectivity index (χ0) is 25.7. The lowest BCUT2D eigenvalue weighted by Crippen LogP contribution is -2.35. The minimum absolute atomic E-state index is 0.0505. The van der Waals surface area contributed by atoms with Crippen molar-refractivity contribution in [2.45, 2.75) is 92.2 Å². The molecule has 0 fully saturated rings. The molecule has 1 aliphatic rings. The predicted octanol–water partition coefficient (Wildman–Crippen LogP) is 5.48. The molecule has 0 amide bonds. The molecule has 0 radical (unpaired) electrons. The third-order valence-electron chi connectivity index (χ3n) is 6.06. The van der Waals surface area contributed by atoms with Gasteiger partial charge in [-0.3, -0.25) is 9.59 Å². The molecule has 1 aromatic heterocycles. The maximum Gasteiger partial charge on any atom is 0.308 e. The van der Waals surface area contributed by atoms with Crippen molar-refractivity contribution in [2.75, 3.05) is 6.61 Å². The first-order chi connectivity index (χ1) is 16.1. The van der Waals surface area contributed by atoms with E-state index < -0.39 is 18.0 Å². The van der Waals surface area contributed by atoms with Gasteiger partial charge in [-0.2, -0.15) is 0 Å². The van der Waals surface area contributed by atoms with E-state index >= 15 is 0 Å². The number of carbonyl (C=O) groups excluding carboxylic acids is 2. The van der Waals surface area contributed by atoms with Crippen molar-refractivity contribution in [3.05, 3.63) is 33.8 Å². The second-order valence-corrected chi connectivity index (χ2v) is 10.5. The van der Waals surface area contributed by atoms with Gasteiger partial charge < -0.3 is 15.6 Å². The molecular formula is C27H44N2O4S. The van der Waals surface area contributed by atoms with E-state index in [1.54, 1.807) is 11.3 Å². The molecule has 1 aromatic rings. The third kappa shape index (κ3) is 11.5. The molecular weight excluding hydrogens is 448 g/mol. The van der Waals surface area contributed by atoms with Crippen molar-refractivity contribution in [3.8, 4) is 0 Å². The van der Waals surface area contributed by atoms with Crippen LogP contribution in [0.4, 0.5) is 0 Å². The Morgan fingerprint density at radius 3 is 2.59 bits per heavy atom. The quantitative estimate of drug-likeness (QED) is 0.419. The summed E-state index contributed by atoms with van der Waals surface area (Å²) in [6.45, 7) is 12.1. The predicted molar refractivity (Wildman–Crippen MR) is 140 cm³/mol. The van der Waals surface area contributed by atoms with E-state index in [9.17, 15) is 14.7 Å². The van der Waals surface area contributed by atoms with E-state index in [1.165, 1.54) is 5.57 Å². The smallest absolute Gasteiger partial charge is 0.308 e. The number of hydrogen-bond acceptors (Lipinski definition) is 7. The first-order valence-corrected chi connectivity index (χ1v) is 13.3. The summed E-state index contributed by atoms with van der Waals surface area (Å²) in [4.78, 5) is 28.9. The monoisotopic (exact) mass is 492 g/mol. The SMILES string of the molecule is C/C=C\c1csc(C)n1.CCC1C(=O)[C@H](C)C[C@@H](C)CCC/C(C)=C\C(N)COC(=O)CC1O. The Morgan fingerprint density at radius 1 is 1.29 bits per heavy atom. The van der Waals surface area contributed by atoms with Gasteiger partial charge in [-0.15, -0.1) is 11.3 Å². The number of nitrogens with zero attached hydrogens (tertiary/aromatic N) is 1. The summed E-state index contributed by atoms with van der Waals surface area (Å²) in [6, 6.07) is -0.338. The topological polar surface area (TPSA) is 103 Å². The van der Waals surface area contributed by atoms with Crippen molar-refractivity contribution < 1.29 is 19.4 Å². The molecule has 0 aliphatic carbocycles. The summed E-state index contributed by atoms with van der Waals surface area (Å²) in [5.41, 5.74) is 8.24. The summed E-state index contributed by atoms with van der Waals surface area (Å²) in [5.74, 6) is -0.627. The van der Waals surface area contributed by atoms with Crippen molar-refractivity contribution in [1.82, 2.24) is 4.98 Å². The van der Waals surface area contributed by atoms with Crippen molar-refractivity contribution >= 4 is 29.2 Å². The van der Waals surface area contributed by atoms with Gasteiger partial charge in [-0.1, -0.05) is 44.9 Å². The molecule has 0 bridgehead atoms. The van der Waals surface area contributed by atoms with Gasteiger partial charge in [0.05, 0.1) is 29.3 Å². The number of aliphatic hydroxyl groups excluding tert-OH is 1. The molecule has 0 spiro atoms. The number of aliphatic hydroxyl groups is 1. The van der Waals surface area contributed by atoms with Crippen LogP contribution in [0, 0.1) is 24.7 Å². The van der Waals surface area contributed by atoms with Crippen LogP contribution in [0.5, 0.6) is 0 Å². The molecule has 0 saturated heterocycles. The molecule has 0 saturated carbocycles. The third-order valence-corrected chi connectivity index (χ3v) is 6.86. The number of ketones is 1. The van der Waals surface area contributed by atoms with Gasteiger partial charge in [0.1, 0.15) is 12.4 Å². The molecule has 3 N–H and O–H groups in total. The van der Waals surface area contributed by atoms with Crippen LogP contribution in [0.2, 0.25) is 0 Å². The Hall–Kier alpha value is -1.83. The second kappa shape index (κ2) is 16.0. The number of hydrogen-bond donors (Lipinski definition) is 2. The number of ether oxygens (including phenoxy) is 1. The van der Waals surface area contributed by atoms with E-state index in [0.717, 1.165) is 36.4 Å². The van der Waals surface area contributed by atoms with Gasteiger partial charge in [0, 0.05) is 17.2 Å². The van der Waals surface area contributed by atoms with Crippen LogP contribution in [-0.4, -0.2) is 40.6 Å². The molecule has 3 unspecified atom stereocenters. The molecule has 6 nitrogen and oxygen atoms in total. The molecule has 2 rings (SSSR count). The summed E-state index contributed by atoms with van der Waals surface area (Å²) in [7, 11) is 0. The summed E-state index contributed by atoms with van der Waals surface area (Å²) in [5, 5.41) is 13.5. The number of esters is 1. The van der Waals surface area contributed by atoms with Crippen LogP contribution >= 0.6 is 11.3 Å². The van der Waals surface area contributed by atoms with Crippen molar-refractivity contribution in [1.29, 1.82) is 0 Å². The lowest BCUT2D eigenvalue weighted by molar-refractivity contribution is -0.147. The zero-order valence-electron chi connectivity index (χ0n) is 21.8. The fraction of sp³-hybridized carbons (Fsp3) is 0.667. The van der Waals surface area contributed by atoms with Gasteiger partial charge in [-0.05, 0) is 58.4 Å². The highest BCUT2D eigenvalue weighted by Crippen LogP contribution is 2.25. The average Bonchev–Trinajstić information content (AvgIpc) is 3.17. The van der Waals surface area contributed by atoms with Gasteiger partial charge in [0.15, 0.2) is 0 Å². The number of aromatic nitrogens is 1. The lowest BCUT2D eigenvalue weighted by atomic mass is 9.81. The molecule has 1 aliphatic heterocycles. The molecule has 0 aromatic carbocycles. The Morgan fingerprint density at radius 2 is 2.00 bits per heavy atom. The first kappa shape index (κ1) is 30.2. The molecule has 34 heavy (non-hydrogen) atoms. The highest BCUT2D eigenvalue weighted by Gasteiger charge is 2.31. The minimum Gasteiger partial charge on any atom is -0.464 e.